The Morgan fingerprint density at radius 2 is 2.00 bits per heavy atom. The van der Waals surface area contributed by atoms with Crippen molar-refractivity contribution in [3.05, 3.63) is 12.4 Å². The van der Waals surface area contributed by atoms with Crippen LogP contribution in [-0.4, -0.2) is 26.6 Å². The second kappa shape index (κ2) is 6.69. The van der Waals surface area contributed by atoms with Crippen LogP contribution >= 0.6 is 11.8 Å². The Morgan fingerprint density at radius 1 is 1.16 bits per heavy atom. The molecule has 106 valence electrons. The maximum absolute atomic E-state index is 4.52. The summed E-state index contributed by atoms with van der Waals surface area (Å²) < 4.78 is 2.33. The Hall–Kier alpha value is -0.640. The van der Waals surface area contributed by atoms with Gasteiger partial charge in [-0.05, 0) is 31.4 Å². The predicted molar refractivity (Wildman–Crippen MR) is 82.8 cm³/mol. The Balaban J connectivity index is 1.57. The molecule has 0 spiro atoms. The van der Waals surface area contributed by atoms with Gasteiger partial charge in [0, 0.05) is 30.2 Å². The van der Waals surface area contributed by atoms with E-state index in [2.05, 4.69) is 32.8 Å². The molecule has 1 unspecified atom stereocenters. The van der Waals surface area contributed by atoms with Crippen molar-refractivity contribution in [3.63, 3.8) is 0 Å². The fourth-order valence-corrected chi connectivity index (χ4v) is 4.50. The van der Waals surface area contributed by atoms with Gasteiger partial charge >= 0.3 is 0 Å². The molecule has 1 atom stereocenters. The van der Waals surface area contributed by atoms with Crippen molar-refractivity contribution in [1.82, 2.24) is 9.55 Å². The van der Waals surface area contributed by atoms with E-state index in [1.165, 1.54) is 57.1 Å². The van der Waals surface area contributed by atoms with Crippen molar-refractivity contribution in [3.8, 4) is 0 Å². The zero-order valence-corrected chi connectivity index (χ0v) is 12.5. The third-order valence-electron chi connectivity index (χ3n) is 4.33. The highest BCUT2D eigenvalue weighted by Gasteiger charge is 2.18. The predicted octanol–water partition coefficient (Wildman–Crippen LogP) is 3.91. The number of aromatic nitrogens is 2. The lowest BCUT2D eigenvalue weighted by Crippen LogP contribution is -2.25. The highest BCUT2D eigenvalue weighted by atomic mass is 32.2. The van der Waals surface area contributed by atoms with Crippen molar-refractivity contribution < 1.29 is 0 Å². The van der Waals surface area contributed by atoms with Gasteiger partial charge < -0.3 is 9.88 Å². The van der Waals surface area contributed by atoms with Gasteiger partial charge in [-0.15, -0.1) is 0 Å². The van der Waals surface area contributed by atoms with E-state index >= 15 is 0 Å². The van der Waals surface area contributed by atoms with Gasteiger partial charge in [0.25, 0.3) is 0 Å². The summed E-state index contributed by atoms with van der Waals surface area (Å²) in [7, 11) is 0. The number of nitrogens with zero attached hydrogens (tertiary/aromatic N) is 2. The number of hydrogen-bond donors (Lipinski definition) is 1. The van der Waals surface area contributed by atoms with Gasteiger partial charge in [-0.2, -0.15) is 11.8 Å². The van der Waals surface area contributed by atoms with Crippen LogP contribution < -0.4 is 5.32 Å². The number of rotatable bonds is 4. The van der Waals surface area contributed by atoms with Gasteiger partial charge in [-0.25, -0.2) is 4.98 Å². The van der Waals surface area contributed by atoms with Crippen molar-refractivity contribution >= 4 is 17.7 Å². The molecule has 1 aliphatic heterocycles. The minimum absolute atomic E-state index is 0.647. The quantitative estimate of drug-likeness (QED) is 0.906. The zero-order chi connectivity index (χ0) is 12.9. The molecular weight excluding hydrogens is 254 g/mol. The van der Waals surface area contributed by atoms with E-state index in [9.17, 15) is 0 Å². The molecule has 3 rings (SSSR count). The average molecular weight is 279 g/mol. The largest absolute Gasteiger partial charge is 0.353 e. The van der Waals surface area contributed by atoms with Gasteiger partial charge in [0.05, 0.1) is 0 Å². The van der Waals surface area contributed by atoms with Gasteiger partial charge in [0.1, 0.15) is 0 Å². The summed E-state index contributed by atoms with van der Waals surface area (Å²) in [6, 6.07) is 0.647. The first-order chi connectivity index (χ1) is 9.42. The summed E-state index contributed by atoms with van der Waals surface area (Å²) in [5, 5.41) is 4.45. The average Bonchev–Trinajstić information content (AvgIpc) is 2.88. The molecule has 0 bridgehead atoms. The second-order valence-corrected chi connectivity index (χ2v) is 7.28. The van der Waals surface area contributed by atoms with Crippen LogP contribution in [0.15, 0.2) is 12.4 Å². The number of thioether (sulfide) groups is 1. The van der Waals surface area contributed by atoms with Crippen molar-refractivity contribution in [2.75, 3.05) is 11.1 Å². The maximum atomic E-state index is 4.52. The van der Waals surface area contributed by atoms with Crippen LogP contribution in [0.3, 0.4) is 0 Å². The number of anilines is 1. The zero-order valence-electron chi connectivity index (χ0n) is 11.7. The second-order valence-electron chi connectivity index (χ2n) is 5.87. The summed E-state index contributed by atoms with van der Waals surface area (Å²) in [5.41, 5.74) is 0. The molecule has 3 nitrogen and oxygen atoms in total. The molecule has 2 fully saturated rings. The number of nitrogens with one attached hydrogen (secondary N) is 1. The molecule has 2 aliphatic rings. The summed E-state index contributed by atoms with van der Waals surface area (Å²) in [6.07, 6.45) is 15.0. The maximum Gasteiger partial charge on any atom is 0.203 e. The molecular formula is C15H25N3S. The van der Waals surface area contributed by atoms with E-state index in [0.29, 0.717) is 6.04 Å². The molecule has 1 aliphatic carbocycles. The molecule has 4 heteroatoms. The van der Waals surface area contributed by atoms with Gasteiger partial charge in [-0.1, -0.05) is 25.7 Å². The van der Waals surface area contributed by atoms with E-state index in [0.717, 1.165) is 17.7 Å². The van der Waals surface area contributed by atoms with Crippen molar-refractivity contribution in [1.29, 1.82) is 0 Å². The summed E-state index contributed by atoms with van der Waals surface area (Å²) >= 11 is 2.14. The van der Waals surface area contributed by atoms with Crippen molar-refractivity contribution in [2.45, 2.75) is 69.2 Å². The Bertz CT molecular complexity index is 344. The first-order valence-corrected chi connectivity index (χ1v) is 8.86. The Morgan fingerprint density at radius 3 is 2.79 bits per heavy atom. The number of imidazole rings is 1. The first kappa shape index (κ1) is 13.3. The molecule has 1 aromatic heterocycles. The van der Waals surface area contributed by atoms with E-state index in [4.69, 9.17) is 0 Å². The lowest BCUT2D eigenvalue weighted by molar-refractivity contribution is 0.458. The van der Waals surface area contributed by atoms with Crippen LogP contribution in [0.2, 0.25) is 0 Å². The topological polar surface area (TPSA) is 29.9 Å². The lowest BCUT2D eigenvalue weighted by Gasteiger charge is -2.25. The molecule has 2 heterocycles. The SMILES string of the molecule is c1cn(CC2CCCCS2)c(NC2CCCCC2)n1. The van der Waals surface area contributed by atoms with E-state index < -0.39 is 0 Å². The van der Waals surface area contributed by atoms with Crippen LogP contribution in [0.1, 0.15) is 51.4 Å². The van der Waals surface area contributed by atoms with Gasteiger partial charge in [0.15, 0.2) is 0 Å². The molecule has 1 aromatic rings. The molecule has 1 saturated carbocycles. The first-order valence-electron chi connectivity index (χ1n) is 7.81. The van der Waals surface area contributed by atoms with Crippen LogP contribution in [0.5, 0.6) is 0 Å². The van der Waals surface area contributed by atoms with Crippen LogP contribution in [-0.2, 0) is 6.54 Å². The fraction of sp³-hybridized carbons (Fsp3) is 0.800. The molecule has 1 N–H and O–H groups in total. The minimum Gasteiger partial charge on any atom is -0.353 e. The minimum atomic E-state index is 0.647. The highest BCUT2D eigenvalue weighted by Crippen LogP contribution is 2.27. The normalized spacial score (nSPS) is 25.4. The van der Waals surface area contributed by atoms with E-state index in [-0.39, 0.29) is 0 Å². The third kappa shape index (κ3) is 3.68. The van der Waals surface area contributed by atoms with Gasteiger partial charge in [0.2, 0.25) is 5.95 Å². The summed E-state index contributed by atoms with van der Waals surface area (Å²) in [5.74, 6) is 2.43. The standard InChI is InChI=1S/C15H25N3S/c1-2-6-13(7-3-1)17-15-16-9-10-18(15)12-14-8-4-5-11-19-14/h9-10,13-14H,1-8,11-12H2,(H,16,17). The molecule has 1 saturated heterocycles. The van der Waals surface area contributed by atoms with E-state index in [1.807, 2.05) is 6.20 Å². The Labute approximate surface area is 120 Å². The molecule has 19 heavy (non-hydrogen) atoms. The smallest absolute Gasteiger partial charge is 0.203 e. The monoisotopic (exact) mass is 279 g/mol. The van der Waals surface area contributed by atoms with E-state index in [1.54, 1.807) is 0 Å². The summed E-state index contributed by atoms with van der Waals surface area (Å²) in [4.78, 5) is 4.52. The summed E-state index contributed by atoms with van der Waals surface area (Å²) in [6.45, 7) is 1.12. The van der Waals surface area contributed by atoms with Gasteiger partial charge in [-0.3, -0.25) is 0 Å². The fourth-order valence-electron chi connectivity index (χ4n) is 3.20. The van der Waals surface area contributed by atoms with Crippen LogP contribution in [0, 0.1) is 0 Å². The number of hydrogen-bond acceptors (Lipinski definition) is 3. The van der Waals surface area contributed by atoms with Crippen LogP contribution in [0.4, 0.5) is 5.95 Å². The van der Waals surface area contributed by atoms with Crippen LogP contribution in [0.25, 0.3) is 0 Å². The lowest BCUT2D eigenvalue weighted by atomic mass is 9.96. The van der Waals surface area contributed by atoms with Crippen molar-refractivity contribution in [2.24, 2.45) is 0 Å². The molecule has 0 amide bonds. The molecule has 0 aromatic carbocycles. The molecule has 0 radical (unpaired) electrons. The highest BCUT2D eigenvalue weighted by molar-refractivity contribution is 7.99. The Kier molecular flexibility index (Phi) is 4.70. The third-order valence-corrected chi connectivity index (χ3v) is 5.71.